The summed E-state index contributed by atoms with van der Waals surface area (Å²) in [6.07, 6.45) is -8.78. The number of methoxy groups -OCH3 is 1. The number of carbonyl (C=O) groups is 2. The van der Waals surface area contributed by atoms with E-state index in [1.54, 1.807) is 48.5 Å². The smallest absolute Gasteiger partial charge is 0.311 e. The first-order valence-corrected chi connectivity index (χ1v) is 20.8. The van der Waals surface area contributed by atoms with Crippen LogP contribution in [0.25, 0.3) is 0 Å². The molecule has 3 aliphatic heterocycles. The molecule has 57 heavy (non-hydrogen) atoms. The van der Waals surface area contributed by atoms with Crippen molar-refractivity contribution in [2.45, 2.75) is 198 Å². The quantitative estimate of drug-likeness (QED) is 0.165. The summed E-state index contributed by atoms with van der Waals surface area (Å²) in [5.41, 5.74) is -4.52. The van der Waals surface area contributed by atoms with E-state index in [4.69, 9.17) is 28.4 Å². The maximum atomic E-state index is 14.3. The van der Waals surface area contributed by atoms with E-state index in [-0.39, 0.29) is 37.7 Å². The predicted octanol–water partition coefficient (Wildman–Crippen LogP) is 2.14. The van der Waals surface area contributed by atoms with Gasteiger partial charge < -0.3 is 68.9 Å². The van der Waals surface area contributed by atoms with Gasteiger partial charge in [0, 0.05) is 44.5 Å². The van der Waals surface area contributed by atoms with E-state index >= 15 is 0 Å². The molecule has 0 spiro atoms. The number of carboxylic acids is 1. The predicted molar refractivity (Wildman–Crippen MR) is 210 cm³/mol. The number of rotatable bonds is 11. The van der Waals surface area contributed by atoms with Crippen LogP contribution in [0.15, 0.2) is 0 Å². The van der Waals surface area contributed by atoms with E-state index in [9.17, 15) is 40.2 Å². The van der Waals surface area contributed by atoms with Crippen LogP contribution < -0.4 is 0 Å². The van der Waals surface area contributed by atoms with Crippen LogP contribution >= 0.6 is 0 Å². The largest absolute Gasteiger partial charge is 0.481 e. The van der Waals surface area contributed by atoms with Gasteiger partial charge in [-0.05, 0) is 101 Å². The fraction of sp³-hybridized carbons (Fsp3) is 0.951. The number of ether oxygens (including phenoxy) is 6. The first-order valence-electron chi connectivity index (χ1n) is 20.8. The Morgan fingerprint density at radius 1 is 0.982 bits per heavy atom. The van der Waals surface area contributed by atoms with Gasteiger partial charge in [0.05, 0.1) is 41.5 Å². The average Bonchev–Trinajstić information content (AvgIpc) is 3.12. The number of hydrogen-bond acceptors (Lipinski definition) is 15. The van der Waals surface area contributed by atoms with Crippen LogP contribution in [0.3, 0.4) is 0 Å². The summed E-state index contributed by atoms with van der Waals surface area (Å²) >= 11 is 0. The Labute approximate surface area is 340 Å². The van der Waals surface area contributed by atoms with Crippen molar-refractivity contribution in [2.75, 3.05) is 34.3 Å². The van der Waals surface area contributed by atoms with Gasteiger partial charge in [-0.3, -0.25) is 9.59 Å². The fourth-order valence-electron chi connectivity index (χ4n) is 9.31. The molecule has 18 atom stereocenters. The van der Waals surface area contributed by atoms with Gasteiger partial charge in [0.15, 0.2) is 12.6 Å². The molecule has 0 amide bonds. The summed E-state index contributed by atoms with van der Waals surface area (Å²) in [5, 5.41) is 67.9. The first-order chi connectivity index (χ1) is 26.3. The molecule has 3 fully saturated rings. The van der Waals surface area contributed by atoms with E-state index in [0.29, 0.717) is 25.9 Å². The number of aliphatic hydroxyl groups excluding tert-OH is 3. The van der Waals surface area contributed by atoms with Crippen molar-refractivity contribution in [3.63, 3.8) is 0 Å². The molecule has 3 saturated heterocycles. The molecule has 18 unspecified atom stereocenters. The standard InChI is InChI=1S/C41H76N2O14/c1-14-29-41(10,51)34(47)26(6)43(12)21-22(2)19-39(8,50)36(57-38-32(46)28(18-23(3)53-38)42(11)17-15-16-30(44)45)24(4)33(25(5)37(49)55-29)56-31-20-40(9,52-13)35(48)27(7)54-31/h22-29,31-36,38,46-48,50-51H,14-21H2,1-13H3,(H,44,45). The highest BCUT2D eigenvalue weighted by Gasteiger charge is 2.52. The molecule has 334 valence electrons. The molecule has 0 aliphatic carbocycles. The number of aliphatic carboxylic acids is 1. The number of hydrogen-bond donors (Lipinski definition) is 6. The van der Waals surface area contributed by atoms with Crippen molar-refractivity contribution < 1.29 is 68.6 Å². The molecule has 0 saturated carbocycles. The number of aliphatic hydroxyl groups is 5. The van der Waals surface area contributed by atoms with Gasteiger partial charge in [-0.2, -0.15) is 0 Å². The third kappa shape index (κ3) is 12.1. The normalized spacial score (nSPS) is 46.2. The van der Waals surface area contributed by atoms with Crippen LogP contribution in [0.2, 0.25) is 0 Å². The number of cyclic esters (lactones) is 1. The van der Waals surface area contributed by atoms with Crippen LogP contribution in [0, 0.1) is 17.8 Å². The molecule has 0 radical (unpaired) electrons. The Bertz CT molecular complexity index is 1290. The minimum absolute atomic E-state index is 0.0166. The number of likely N-dealkylation sites (N-methyl/N-ethyl adjacent to an activating group) is 2. The van der Waals surface area contributed by atoms with Crippen molar-refractivity contribution in [3.8, 4) is 0 Å². The van der Waals surface area contributed by atoms with Crippen molar-refractivity contribution >= 4 is 11.9 Å². The summed E-state index contributed by atoms with van der Waals surface area (Å²) in [6.45, 7) is 18.1. The van der Waals surface area contributed by atoms with Crippen LogP contribution in [-0.4, -0.2) is 177 Å². The third-order valence-electron chi connectivity index (χ3n) is 13.0. The van der Waals surface area contributed by atoms with Crippen molar-refractivity contribution in [2.24, 2.45) is 17.8 Å². The van der Waals surface area contributed by atoms with Crippen LogP contribution in [0.5, 0.6) is 0 Å². The van der Waals surface area contributed by atoms with Crippen molar-refractivity contribution in [1.82, 2.24) is 9.80 Å². The maximum absolute atomic E-state index is 14.3. The number of nitrogens with zero attached hydrogens (tertiary/aromatic N) is 2. The third-order valence-corrected chi connectivity index (χ3v) is 13.0. The lowest BCUT2D eigenvalue weighted by Gasteiger charge is -2.49. The second-order valence-electron chi connectivity index (χ2n) is 18.2. The lowest BCUT2D eigenvalue weighted by Crippen LogP contribution is -2.60. The van der Waals surface area contributed by atoms with Gasteiger partial charge in [0.1, 0.15) is 30.0 Å². The van der Waals surface area contributed by atoms with Gasteiger partial charge in [0.2, 0.25) is 0 Å². The van der Waals surface area contributed by atoms with Crippen molar-refractivity contribution in [1.29, 1.82) is 0 Å². The molecule has 3 aliphatic rings. The van der Waals surface area contributed by atoms with E-state index in [1.165, 1.54) is 14.0 Å². The SMILES string of the molecule is CCC1OC(=O)C(C)C(OC2CC(C)(OC)C(O)C(C)O2)C(C)C(OC2OC(C)CC(N(C)CCCC(=O)O)C2O)C(C)(O)CC(C)CN(C)C(C)C(O)C1(C)O. The Morgan fingerprint density at radius 2 is 1.61 bits per heavy atom. The maximum Gasteiger partial charge on any atom is 0.311 e. The summed E-state index contributed by atoms with van der Waals surface area (Å²) < 4.78 is 37.7. The average molecular weight is 821 g/mol. The molecule has 16 heteroatoms. The Kier molecular flexibility index (Phi) is 17.8. The number of carbonyl (C=O) groups excluding carboxylic acids is 1. The van der Waals surface area contributed by atoms with Crippen LogP contribution in [-0.2, 0) is 38.0 Å². The minimum atomic E-state index is -1.83. The van der Waals surface area contributed by atoms with Crippen LogP contribution in [0.1, 0.15) is 108 Å². The molecule has 3 heterocycles. The van der Waals surface area contributed by atoms with Gasteiger partial charge in [-0.1, -0.05) is 20.8 Å². The van der Waals surface area contributed by atoms with Gasteiger partial charge >= 0.3 is 11.9 Å². The monoisotopic (exact) mass is 821 g/mol. The zero-order valence-corrected chi connectivity index (χ0v) is 36.7. The molecule has 0 bridgehead atoms. The van der Waals surface area contributed by atoms with Gasteiger partial charge in [-0.15, -0.1) is 0 Å². The van der Waals surface area contributed by atoms with E-state index in [1.807, 2.05) is 37.7 Å². The second-order valence-corrected chi connectivity index (χ2v) is 18.2. The summed E-state index contributed by atoms with van der Waals surface area (Å²) in [6, 6.07) is -1.03. The Hall–Kier alpha value is -1.54. The molecule has 3 rings (SSSR count). The lowest BCUT2D eigenvalue weighted by molar-refractivity contribution is -0.318. The molecule has 6 N–H and O–H groups in total. The van der Waals surface area contributed by atoms with Crippen LogP contribution in [0.4, 0.5) is 0 Å². The molecule has 0 aromatic heterocycles. The molecule has 0 aromatic carbocycles. The minimum Gasteiger partial charge on any atom is -0.481 e. The zero-order valence-electron chi connectivity index (χ0n) is 36.7. The highest BCUT2D eigenvalue weighted by molar-refractivity contribution is 5.73. The first kappa shape index (κ1) is 49.8. The van der Waals surface area contributed by atoms with Gasteiger partial charge in [0.25, 0.3) is 0 Å². The van der Waals surface area contributed by atoms with E-state index in [2.05, 4.69) is 0 Å². The summed E-state index contributed by atoms with van der Waals surface area (Å²) in [5.74, 6) is -3.70. The summed E-state index contributed by atoms with van der Waals surface area (Å²) in [4.78, 5) is 29.3. The number of carboxylic acid groups (broad SMARTS) is 1. The lowest BCUT2D eigenvalue weighted by atomic mass is 9.77. The molecular weight excluding hydrogens is 744 g/mol. The topological polar surface area (TPSA) is 217 Å². The zero-order chi connectivity index (χ0) is 43.4. The van der Waals surface area contributed by atoms with Crippen molar-refractivity contribution in [3.05, 3.63) is 0 Å². The highest BCUT2D eigenvalue weighted by Crippen LogP contribution is 2.40. The van der Waals surface area contributed by atoms with E-state index in [0.717, 1.165) is 0 Å². The highest BCUT2D eigenvalue weighted by atomic mass is 16.7. The molecule has 16 nitrogen and oxygen atoms in total. The second kappa shape index (κ2) is 20.3. The summed E-state index contributed by atoms with van der Waals surface area (Å²) in [7, 11) is 5.13. The van der Waals surface area contributed by atoms with Gasteiger partial charge in [-0.25, -0.2) is 0 Å². The molecule has 0 aromatic rings. The Morgan fingerprint density at radius 3 is 2.19 bits per heavy atom. The molecular formula is C41H76N2O14. The Balaban J connectivity index is 2.15. The van der Waals surface area contributed by atoms with E-state index < -0.39 is 108 Å². The number of esters is 1. The fourth-order valence-corrected chi connectivity index (χ4v) is 9.31.